The molecule has 12 aromatic rings. The van der Waals surface area contributed by atoms with Gasteiger partial charge in [-0.1, -0.05) is 146 Å². The summed E-state index contributed by atoms with van der Waals surface area (Å²) in [5, 5.41) is 10.1. The van der Waals surface area contributed by atoms with Crippen molar-refractivity contribution in [1.29, 1.82) is 0 Å². The molecule has 10 aromatic carbocycles. The predicted molar refractivity (Wildman–Crippen MR) is 245 cm³/mol. The van der Waals surface area contributed by atoms with Crippen molar-refractivity contribution in [2.75, 3.05) is 0 Å². The minimum absolute atomic E-state index is 1.16. The van der Waals surface area contributed by atoms with E-state index in [1.54, 1.807) is 0 Å². The van der Waals surface area contributed by atoms with Crippen LogP contribution in [0, 0.1) is 0 Å². The third-order valence-electron chi connectivity index (χ3n) is 12.6. The van der Waals surface area contributed by atoms with Crippen molar-refractivity contribution in [3.8, 4) is 55.9 Å². The minimum Gasteiger partial charge on any atom is -0.309 e. The van der Waals surface area contributed by atoms with Crippen LogP contribution in [0.4, 0.5) is 0 Å². The molecule has 0 aliphatic carbocycles. The van der Waals surface area contributed by atoms with Gasteiger partial charge in [0.15, 0.2) is 0 Å². The summed E-state index contributed by atoms with van der Waals surface area (Å²) in [5.74, 6) is 0. The lowest BCUT2D eigenvalue weighted by molar-refractivity contribution is 1.18. The summed E-state index contributed by atoms with van der Waals surface area (Å²) in [4.78, 5) is 0. The van der Waals surface area contributed by atoms with Gasteiger partial charge in [-0.15, -0.1) is 0 Å². The fourth-order valence-electron chi connectivity index (χ4n) is 9.90. The number of nitrogens with zero attached hydrogens (tertiary/aromatic N) is 2. The molecule has 0 unspecified atom stereocenters. The van der Waals surface area contributed by atoms with Crippen LogP contribution >= 0.6 is 0 Å². The zero-order chi connectivity index (χ0) is 37.9. The topological polar surface area (TPSA) is 9.86 Å². The maximum Gasteiger partial charge on any atom is 0.0619 e. The van der Waals surface area contributed by atoms with Gasteiger partial charge in [-0.3, -0.25) is 0 Å². The van der Waals surface area contributed by atoms with Gasteiger partial charge in [0.1, 0.15) is 0 Å². The van der Waals surface area contributed by atoms with Crippen molar-refractivity contribution >= 4 is 65.2 Å². The SMILES string of the molecule is c1ccc2c(c1)-c1cc3ccccc3cc1-n1c3ccc(-c4ccc5c(c4)c4ccccc4n5-c4ccc(-c5ccc6ccccc6c5)cc4)cc3c3cccc-2c31. The fourth-order valence-corrected chi connectivity index (χ4v) is 9.90. The van der Waals surface area contributed by atoms with Crippen LogP contribution in [-0.4, -0.2) is 9.13 Å². The summed E-state index contributed by atoms with van der Waals surface area (Å²) in [6.07, 6.45) is 0. The molecular weight excluding hydrogens is 701 g/mol. The second kappa shape index (κ2) is 11.9. The zero-order valence-electron chi connectivity index (χ0n) is 31.5. The Balaban J connectivity index is 0.970. The Morgan fingerprint density at radius 3 is 1.55 bits per heavy atom. The van der Waals surface area contributed by atoms with Crippen LogP contribution in [-0.2, 0) is 0 Å². The summed E-state index contributed by atoms with van der Waals surface area (Å²) >= 11 is 0. The lowest BCUT2D eigenvalue weighted by atomic mass is 9.92. The Morgan fingerprint density at radius 2 is 0.776 bits per heavy atom. The van der Waals surface area contributed by atoms with E-state index in [0.717, 1.165) is 5.69 Å². The van der Waals surface area contributed by atoms with Gasteiger partial charge in [0, 0.05) is 38.4 Å². The molecule has 0 amide bonds. The van der Waals surface area contributed by atoms with Crippen LogP contribution in [0.3, 0.4) is 0 Å². The zero-order valence-corrected chi connectivity index (χ0v) is 31.5. The second-order valence-corrected chi connectivity index (χ2v) is 15.7. The number of benzene rings is 10. The molecule has 0 fully saturated rings. The van der Waals surface area contributed by atoms with Crippen LogP contribution in [0.1, 0.15) is 0 Å². The molecule has 2 heteroatoms. The monoisotopic (exact) mass is 734 g/mol. The van der Waals surface area contributed by atoms with Crippen LogP contribution < -0.4 is 0 Å². The summed E-state index contributed by atoms with van der Waals surface area (Å²) in [5.41, 5.74) is 17.2. The van der Waals surface area contributed by atoms with E-state index >= 15 is 0 Å². The standard InChI is InChI=1S/C56H34N2/c1-2-11-37-30-40(21-20-35(37)10-1)36-22-26-43(27-23-36)57-52-19-8-7-16-46(52)50-32-41(24-28-53(50)57)42-25-29-54-51(33-42)48-18-9-17-47-44-14-5-6-15-45(44)49-31-38-12-3-4-13-39(38)34-55(49)58(54)56(47)48/h1-34H. The van der Waals surface area contributed by atoms with Gasteiger partial charge < -0.3 is 9.13 Å². The molecule has 0 atom stereocenters. The Hall–Kier alpha value is -7.68. The largest absolute Gasteiger partial charge is 0.309 e. The molecule has 1 aliphatic rings. The maximum atomic E-state index is 2.52. The number of hydrogen-bond donors (Lipinski definition) is 0. The number of fused-ring (bicyclic) bond motifs is 13. The number of aromatic nitrogens is 2. The van der Waals surface area contributed by atoms with Crippen molar-refractivity contribution in [3.63, 3.8) is 0 Å². The molecule has 0 radical (unpaired) electrons. The summed E-state index contributed by atoms with van der Waals surface area (Å²) in [6, 6.07) is 76.4. The third-order valence-corrected chi connectivity index (χ3v) is 12.6. The quantitative estimate of drug-likeness (QED) is 0.171. The highest BCUT2D eigenvalue weighted by molar-refractivity contribution is 6.18. The van der Waals surface area contributed by atoms with E-state index in [1.165, 1.54) is 115 Å². The van der Waals surface area contributed by atoms with E-state index in [4.69, 9.17) is 0 Å². The number of para-hydroxylation sites is 2. The average molecular weight is 735 g/mol. The van der Waals surface area contributed by atoms with Crippen molar-refractivity contribution in [1.82, 2.24) is 9.13 Å². The van der Waals surface area contributed by atoms with Crippen LogP contribution in [0.25, 0.3) is 121 Å². The Morgan fingerprint density at radius 1 is 0.259 bits per heavy atom. The van der Waals surface area contributed by atoms with Crippen molar-refractivity contribution in [2.45, 2.75) is 0 Å². The molecule has 2 aromatic heterocycles. The molecule has 58 heavy (non-hydrogen) atoms. The molecule has 0 saturated carbocycles. The normalized spacial score (nSPS) is 12.1. The third kappa shape index (κ3) is 4.48. The summed E-state index contributed by atoms with van der Waals surface area (Å²) in [7, 11) is 0. The highest BCUT2D eigenvalue weighted by Gasteiger charge is 2.25. The first-order valence-electron chi connectivity index (χ1n) is 20.1. The summed E-state index contributed by atoms with van der Waals surface area (Å²) < 4.78 is 4.93. The lowest BCUT2D eigenvalue weighted by Crippen LogP contribution is -1.96. The van der Waals surface area contributed by atoms with E-state index in [2.05, 4.69) is 215 Å². The molecular formula is C56H34N2. The van der Waals surface area contributed by atoms with Crippen molar-refractivity contribution < 1.29 is 0 Å². The molecule has 1 aliphatic heterocycles. The molecule has 3 heterocycles. The summed E-state index contributed by atoms with van der Waals surface area (Å²) in [6.45, 7) is 0. The van der Waals surface area contributed by atoms with Gasteiger partial charge in [-0.05, 0) is 116 Å². The first-order valence-corrected chi connectivity index (χ1v) is 20.1. The molecule has 0 spiro atoms. The first kappa shape index (κ1) is 31.5. The Bertz CT molecular complexity index is 3670. The lowest BCUT2D eigenvalue weighted by Gasteiger charge is -2.14. The highest BCUT2D eigenvalue weighted by Crippen LogP contribution is 2.48. The van der Waals surface area contributed by atoms with E-state index in [1.807, 2.05) is 0 Å². The van der Waals surface area contributed by atoms with Crippen LogP contribution in [0.15, 0.2) is 206 Å². The minimum atomic E-state index is 1.16. The van der Waals surface area contributed by atoms with Gasteiger partial charge in [0.05, 0.1) is 27.8 Å². The molecule has 13 rings (SSSR count). The van der Waals surface area contributed by atoms with Crippen molar-refractivity contribution in [2.24, 2.45) is 0 Å². The number of hydrogen-bond acceptors (Lipinski definition) is 0. The van der Waals surface area contributed by atoms with E-state index in [-0.39, 0.29) is 0 Å². The molecule has 268 valence electrons. The molecule has 0 bridgehead atoms. The Kier molecular flexibility index (Phi) is 6.47. The van der Waals surface area contributed by atoms with Gasteiger partial charge in [0.2, 0.25) is 0 Å². The van der Waals surface area contributed by atoms with Gasteiger partial charge in [0.25, 0.3) is 0 Å². The number of rotatable bonds is 3. The van der Waals surface area contributed by atoms with Gasteiger partial charge >= 0.3 is 0 Å². The maximum absolute atomic E-state index is 2.52. The molecule has 0 saturated heterocycles. The van der Waals surface area contributed by atoms with Gasteiger partial charge in [-0.25, -0.2) is 0 Å². The molecule has 0 N–H and O–H groups in total. The predicted octanol–water partition coefficient (Wildman–Crippen LogP) is 15.2. The van der Waals surface area contributed by atoms with Crippen LogP contribution in [0.5, 0.6) is 0 Å². The smallest absolute Gasteiger partial charge is 0.0619 e. The highest BCUT2D eigenvalue weighted by atomic mass is 15.0. The van der Waals surface area contributed by atoms with Gasteiger partial charge in [-0.2, -0.15) is 0 Å². The molecule has 2 nitrogen and oxygen atoms in total. The Labute approximate surface area is 335 Å². The van der Waals surface area contributed by atoms with E-state index in [0.29, 0.717) is 0 Å². The first-order chi connectivity index (χ1) is 28.7. The van der Waals surface area contributed by atoms with E-state index in [9.17, 15) is 0 Å². The van der Waals surface area contributed by atoms with E-state index < -0.39 is 0 Å². The van der Waals surface area contributed by atoms with Crippen molar-refractivity contribution in [3.05, 3.63) is 206 Å². The average Bonchev–Trinajstić information content (AvgIpc) is 3.77. The fraction of sp³-hybridized carbons (Fsp3) is 0. The second-order valence-electron chi connectivity index (χ2n) is 15.7. The van der Waals surface area contributed by atoms with Crippen LogP contribution in [0.2, 0.25) is 0 Å².